The van der Waals surface area contributed by atoms with E-state index in [1.54, 1.807) is 0 Å². The van der Waals surface area contributed by atoms with E-state index in [9.17, 15) is 8.78 Å². The van der Waals surface area contributed by atoms with Crippen LogP contribution in [0.3, 0.4) is 0 Å². The molecule has 0 aliphatic heterocycles. The lowest BCUT2D eigenvalue weighted by Crippen LogP contribution is -2.36. The van der Waals surface area contributed by atoms with Crippen LogP contribution in [0.1, 0.15) is 30.9 Å². The van der Waals surface area contributed by atoms with E-state index in [4.69, 9.17) is 5.73 Å². The van der Waals surface area contributed by atoms with Crippen LogP contribution in [0.15, 0.2) is 18.2 Å². The molecule has 0 radical (unpaired) electrons. The van der Waals surface area contributed by atoms with Gasteiger partial charge in [-0.25, -0.2) is 8.78 Å². The first kappa shape index (κ1) is 13.4. The molecule has 1 atom stereocenters. The van der Waals surface area contributed by atoms with Crippen LogP contribution in [0.25, 0.3) is 0 Å². The van der Waals surface area contributed by atoms with E-state index in [-0.39, 0.29) is 6.04 Å². The molecule has 0 aromatic heterocycles. The lowest BCUT2D eigenvalue weighted by atomic mass is 9.84. The number of hydrogen-bond acceptors (Lipinski definition) is 2. The fourth-order valence-corrected chi connectivity index (χ4v) is 2.53. The molecule has 4 heteroatoms. The first-order chi connectivity index (χ1) is 8.61. The van der Waals surface area contributed by atoms with Gasteiger partial charge in [-0.1, -0.05) is 12.5 Å². The Bertz CT molecular complexity index is 405. The molecule has 0 bridgehead atoms. The normalized spacial score (nSPS) is 17.8. The van der Waals surface area contributed by atoms with E-state index in [1.165, 1.54) is 31.4 Å². The smallest absolute Gasteiger partial charge is 0.130 e. The summed E-state index contributed by atoms with van der Waals surface area (Å²) < 4.78 is 26.7. The Labute approximate surface area is 107 Å². The third-order valence-corrected chi connectivity index (χ3v) is 3.85. The predicted octanol–water partition coefficient (Wildman–Crippen LogP) is 2.70. The fraction of sp³-hybridized carbons (Fsp3) is 0.571. The van der Waals surface area contributed by atoms with Crippen LogP contribution < -0.4 is 5.73 Å². The highest BCUT2D eigenvalue weighted by atomic mass is 19.1. The SMILES string of the molecule is CN(CC1CCC1)C(CN)c1ccc(F)cc1F. The highest BCUT2D eigenvalue weighted by molar-refractivity contribution is 5.22. The standard InChI is InChI=1S/C14H20F2N2/c1-18(9-10-3-2-4-10)14(8-17)12-6-5-11(15)7-13(12)16/h5-7,10,14H,2-4,8-9,17H2,1H3. The summed E-state index contributed by atoms with van der Waals surface area (Å²) in [5.74, 6) is -0.355. The summed E-state index contributed by atoms with van der Waals surface area (Å²) in [5.41, 5.74) is 6.23. The average Bonchev–Trinajstić information content (AvgIpc) is 2.27. The Hall–Kier alpha value is -1.00. The number of benzene rings is 1. The quantitative estimate of drug-likeness (QED) is 0.875. The van der Waals surface area contributed by atoms with Gasteiger partial charge in [0, 0.05) is 30.8 Å². The number of nitrogens with two attached hydrogens (primary N) is 1. The summed E-state index contributed by atoms with van der Waals surface area (Å²) in [4.78, 5) is 2.08. The molecular formula is C14H20F2N2. The maximum absolute atomic E-state index is 13.8. The predicted molar refractivity (Wildman–Crippen MR) is 68.1 cm³/mol. The minimum atomic E-state index is -0.548. The summed E-state index contributed by atoms with van der Waals surface area (Å²) in [6.45, 7) is 1.27. The molecule has 2 N–H and O–H groups in total. The Morgan fingerprint density at radius 3 is 2.61 bits per heavy atom. The van der Waals surface area contributed by atoms with Crippen molar-refractivity contribution in [1.82, 2.24) is 4.90 Å². The maximum atomic E-state index is 13.8. The summed E-state index contributed by atoms with van der Waals surface area (Å²) in [7, 11) is 1.96. The third-order valence-electron chi connectivity index (χ3n) is 3.85. The van der Waals surface area contributed by atoms with Crippen molar-refractivity contribution in [2.24, 2.45) is 11.7 Å². The van der Waals surface area contributed by atoms with Gasteiger partial charge in [-0.3, -0.25) is 4.90 Å². The number of nitrogens with zero attached hydrogens (tertiary/aromatic N) is 1. The minimum absolute atomic E-state index is 0.175. The lowest BCUT2D eigenvalue weighted by molar-refractivity contribution is 0.162. The van der Waals surface area contributed by atoms with Gasteiger partial charge in [0.15, 0.2) is 0 Å². The first-order valence-corrected chi connectivity index (χ1v) is 6.47. The summed E-state index contributed by atoms with van der Waals surface area (Å²) in [5, 5.41) is 0. The highest BCUT2D eigenvalue weighted by Gasteiger charge is 2.24. The summed E-state index contributed by atoms with van der Waals surface area (Å²) >= 11 is 0. The second kappa shape index (κ2) is 5.76. The zero-order valence-electron chi connectivity index (χ0n) is 10.7. The molecule has 0 heterocycles. The zero-order valence-corrected chi connectivity index (χ0v) is 10.7. The van der Waals surface area contributed by atoms with E-state index in [1.807, 2.05) is 7.05 Å². The Morgan fingerprint density at radius 1 is 1.39 bits per heavy atom. The van der Waals surface area contributed by atoms with Gasteiger partial charge in [0.05, 0.1) is 0 Å². The molecule has 0 saturated heterocycles. The second-order valence-corrected chi connectivity index (χ2v) is 5.15. The van der Waals surface area contributed by atoms with Gasteiger partial charge in [-0.15, -0.1) is 0 Å². The second-order valence-electron chi connectivity index (χ2n) is 5.15. The number of hydrogen-bond donors (Lipinski definition) is 1. The van der Waals surface area contributed by atoms with Gasteiger partial charge in [0.25, 0.3) is 0 Å². The molecule has 1 fully saturated rings. The molecule has 1 aromatic carbocycles. The van der Waals surface area contributed by atoms with E-state index < -0.39 is 11.6 Å². The van der Waals surface area contributed by atoms with Crippen molar-refractivity contribution in [3.63, 3.8) is 0 Å². The van der Waals surface area contributed by atoms with Crippen LogP contribution in [0.5, 0.6) is 0 Å². The highest BCUT2D eigenvalue weighted by Crippen LogP contribution is 2.30. The third kappa shape index (κ3) is 2.87. The zero-order chi connectivity index (χ0) is 13.1. The van der Waals surface area contributed by atoms with Crippen LogP contribution in [-0.2, 0) is 0 Å². The molecular weight excluding hydrogens is 234 g/mol. The van der Waals surface area contributed by atoms with Crippen LogP contribution in [0, 0.1) is 17.6 Å². The molecule has 1 aliphatic carbocycles. The van der Waals surface area contributed by atoms with Crippen LogP contribution in [-0.4, -0.2) is 25.0 Å². The molecule has 1 aliphatic rings. The van der Waals surface area contributed by atoms with Crippen molar-refractivity contribution >= 4 is 0 Å². The average molecular weight is 254 g/mol. The van der Waals surface area contributed by atoms with Crippen molar-refractivity contribution < 1.29 is 8.78 Å². The fourth-order valence-electron chi connectivity index (χ4n) is 2.53. The summed E-state index contributed by atoms with van der Waals surface area (Å²) in [6, 6.07) is 3.54. The largest absolute Gasteiger partial charge is 0.329 e. The molecule has 1 saturated carbocycles. The van der Waals surface area contributed by atoms with Crippen LogP contribution in [0.4, 0.5) is 8.78 Å². The van der Waals surface area contributed by atoms with Crippen LogP contribution in [0.2, 0.25) is 0 Å². The van der Waals surface area contributed by atoms with Gasteiger partial charge in [-0.2, -0.15) is 0 Å². The monoisotopic (exact) mass is 254 g/mol. The molecule has 1 unspecified atom stereocenters. The Balaban J connectivity index is 2.10. The molecule has 1 aromatic rings. The number of rotatable bonds is 5. The summed E-state index contributed by atoms with van der Waals surface area (Å²) in [6.07, 6.45) is 3.78. The topological polar surface area (TPSA) is 29.3 Å². The van der Waals surface area contributed by atoms with Gasteiger partial charge >= 0.3 is 0 Å². The van der Waals surface area contributed by atoms with Crippen molar-refractivity contribution in [3.8, 4) is 0 Å². The maximum Gasteiger partial charge on any atom is 0.130 e. The van der Waals surface area contributed by atoms with Gasteiger partial charge in [0.2, 0.25) is 0 Å². The molecule has 2 rings (SSSR count). The first-order valence-electron chi connectivity index (χ1n) is 6.47. The Morgan fingerprint density at radius 2 is 2.11 bits per heavy atom. The van der Waals surface area contributed by atoms with Crippen molar-refractivity contribution in [3.05, 3.63) is 35.4 Å². The minimum Gasteiger partial charge on any atom is -0.329 e. The Kier molecular flexibility index (Phi) is 4.30. The van der Waals surface area contributed by atoms with Crippen molar-refractivity contribution in [2.75, 3.05) is 20.1 Å². The van der Waals surface area contributed by atoms with E-state index in [0.29, 0.717) is 18.0 Å². The van der Waals surface area contributed by atoms with Gasteiger partial charge in [0.1, 0.15) is 11.6 Å². The van der Waals surface area contributed by atoms with Crippen molar-refractivity contribution in [2.45, 2.75) is 25.3 Å². The number of halogens is 2. The van der Waals surface area contributed by atoms with Gasteiger partial charge < -0.3 is 5.73 Å². The van der Waals surface area contributed by atoms with Crippen molar-refractivity contribution in [1.29, 1.82) is 0 Å². The molecule has 2 nitrogen and oxygen atoms in total. The van der Waals surface area contributed by atoms with E-state index >= 15 is 0 Å². The lowest BCUT2D eigenvalue weighted by Gasteiger charge is -2.34. The molecule has 100 valence electrons. The molecule has 0 spiro atoms. The van der Waals surface area contributed by atoms with Crippen LogP contribution >= 0.6 is 0 Å². The van der Waals surface area contributed by atoms with E-state index in [0.717, 1.165) is 12.6 Å². The molecule has 18 heavy (non-hydrogen) atoms. The molecule has 0 amide bonds. The van der Waals surface area contributed by atoms with Gasteiger partial charge in [-0.05, 0) is 31.9 Å². The number of likely N-dealkylation sites (N-methyl/N-ethyl adjacent to an activating group) is 1. The van der Waals surface area contributed by atoms with E-state index in [2.05, 4.69) is 4.90 Å².